The molecule has 1 saturated carbocycles. The van der Waals surface area contributed by atoms with Crippen LogP contribution in [0.2, 0.25) is 0 Å². The molecule has 0 spiro atoms. The zero-order valence-electron chi connectivity index (χ0n) is 13.1. The molecule has 1 aromatic carbocycles. The van der Waals surface area contributed by atoms with Crippen molar-refractivity contribution in [2.75, 3.05) is 25.0 Å². The molecule has 5 heteroatoms. The van der Waals surface area contributed by atoms with E-state index in [0.29, 0.717) is 24.4 Å². The van der Waals surface area contributed by atoms with Gasteiger partial charge in [0.2, 0.25) is 5.91 Å². The van der Waals surface area contributed by atoms with Gasteiger partial charge in [-0.3, -0.25) is 9.69 Å². The number of amides is 1. The van der Waals surface area contributed by atoms with Crippen molar-refractivity contribution < 1.29 is 4.79 Å². The van der Waals surface area contributed by atoms with Crippen LogP contribution in [0.15, 0.2) is 24.3 Å². The molecule has 3 unspecified atom stereocenters. The molecular formula is C17H26ClN3O. The number of hydrogen-bond donors (Lipinski definition) is 2. The molecule has 4 nitrogen and oxygen atoms in total. The topological polar surface area (TPSA) is 58.4 Å². The standard InChI is InChI=1S/C17H25N3O.ClH/c1-2-12-4-3-5-14(8-12)19-17(21)11-20-9-13-6-7-16(18)15(13)10-20;/h3-5,8,13,15-16H,2,6-7,9-11,18H2,1H3,(H,19,21);1H. The molecule has 1 saturated heterocycles. The fourth-order valence-electron chi connectivity index (χ4n) is 3.80. The molecule has 1 amide bonds. The first-order valence-corrected chi connectivity index (χ1v) is 8.02. The lowest BCUT2D eigenvalue weighted by Gasteiger charge is -2.18. The summed E-state index contributed by atoms with van der Waals surface area (Å²) in [4.78, 5) is 14.4. The summed E-state index contributed by atoms with van der Waals surface area (Å²) >= 11 is 0. The summed E-state index contributed by atoms with van der Waals surface area (Å²) in [6, 6.07) is 8.41. The molecule has 0 aromatic heterocycles. The van der Waals surface area contributed by atoms with Crippen LogP contribution in [0.25, 0.3) is 0 Å². The fourth-order valence-corrected chi connectivity index (χ4v) is 3.80. The highest BCUT2D eigenvalue weighted by Gasteiger charge is 2.41. The highest BCUT2D eigenvalue weighted by molar-refractivity contribution is 5.92. The highest BCUT2D eigenvalue weighted by atomic mass is 35.5. The van der Waals surface area contributed by atoms with Gasteiger partial charge in [0.05, 0.1) is 6.54 Å². The van der Waals surface area contributed by atoms with E-state index in [1.807, 2.05) is 18.2 Å². The van der Waals surface area contributed by atoms with Crippen molar-refractivity contribution in [1.82, 2.24) is 4.90 Å². The van der Waals surface area contributed by atoms with Crippen molar-refractivity contribution in [1.29, 1.82) is 0 Å². The molecule has 1 aromatic rings. The van der Waals surface area contributed by atoms with Gasteiger partial charge >= 0.3 is 0 Å². The molecule has 1 aliphatic heterocycles. The predicted octanol–water partition coefficient (Wildman–Crippen LogP) is 2.28. The summed E-state index contributed by atoms with van der Waals surface area (Å²) in [7, 11) is 0. The van der Waals surface area contributed by atoms with E-state index in [1.54, 1.807) is 0 Å². The number of benzene rings is 1. The number of nitrogens with zero attached hydrogens (tertiary/aromatic N) is 1. The number of carbonyl (C=O) groups excluding carboxylic acids is 1. The van der Waals surface area contributed by atoms with Crippen molar-refractivity contribution in [3.8, 4) is 0 Å². The van der Waals surface area contributed by atoms with Gasteiger partial charge in [-0.15, -0.1) is 12.4 Å². The quantitative estimate of drug-likeness (QED) is 0.893. The maximum absolute atomic E-state index is 12.2. The normalized spacial score (nSPS) is 27.3. The number of likely N-dealkylation sites (tertiary alicyclic amines) is 1. The third-order valence-corrected chi connectivity index (χ3v) is 4.97. The Morgan fingerprint density at radius 1 is 1.36 bits per heavy atom. The first-order chi connectivity index (χ1) is 10.2. The summed E-state index contributed by atoms with van der Waals surface area (Å²) in [6.07, 6.45) is 3.36. The van der Waals surface area contributed by atoms with Crippen LogP contribution >= 0.6 is 12.4 Å². The minimum absolute atomic E-state index is 0. The molecule has 22 heavy (non-hydrogen) atoms. The molecule has 3 atom stereocenters. The molecule has 3 N–H and O–H groups in total. The number of nitrogens with two attached hydrogens (primary N) is 1. The van der Waals surface area contributed by atoms with Crippen molar-refractivity contribution >= 4 is 24.0 Å². The van der Waals surface area contributed by atoms with Gasteiger partial charge in [-0.1, -0.05) is 19.1 Å². The van der Waals surface area contributed by atoms with E-state index >= 15 is 0 Å². The van der Waals surface area contributed by atoms with E-state index in [2.05, 4.69) is 23.2 Å². The van der Waals surface area contributed by atoms with Crippen LogP contribution in [0.1, 0.15) is 25.3 Å². The lowest BCUT2D eigenvalue weighted by molar-refractivity contribution is -0.117. The van der Waals surface area contributed by atoms with Crippen LogP contribution in [0.5, 0.6) is 0 Å². The first kappa shape index (κ1) is 17.3. The Hall–Kier alpha value is -1.10. The number of hydrogen-bond acceptors (Lipinski definition) is 3. The van der Waals surface area contributed by atoms with Gasteiger partial charge in [0.25, 0.3) is 0 Å². The number of halogens is 1. The van der Waals surface area contributed by atoms with E-state index in [9.17, 15) is 4.79 Å². The monoisotopic (exact) mass is 323 g/mol. The second-order valence-electron chi connectivity index (χ2n) is 6.46. The molecule has 2 aliphatic rings. The summed E-state index contributed by atoms with van der Waals surface area (Å²) < 4.78 is 0. The number of carbonyl (C=O) groups is 1. The largest absolute Gasteiger partial charge is 0.327 e. The van der Waals surface area contributed by atoms with Gasteiger partial charge in [-0.2, -0.15) is 0 Å². The third kappa shape index (κ3) is 3.80. The Bertz CT molecular complexity index is 522. The summed E-state index contributed by atoms with van der Waals surface area (Å²) in [5.41, 5.74) is 8.28. The number of aryl methyl sites for hydroxylation is 1. The van der Waals surface area contributed by atoms with Crippen LogP contribution < -0.4 is 11.1 Å². The fraction of sp³-hybridized carbons (Fsp3) is 0.588. The van der Waals surface area contributed by atoms with Gasteiger partial charge in [0.15, 0.2) is 0 Å². The molecule has 1 aliphatic carbocycles. The van der Waals surface area contributed by atoms with Crippen LogP contribution in [-0.4, -0.2) is 36.5 Å². The van der Waals surface area contributed by atoms with Crippen molar-refractivity contribution in [2.45, 2.75) is 32.2 Å². The molecule has 3 rings (SSSR count). The zero-order valence-corrected chi connectivity index (χ0v) is 13.9. The molecule has 0 bridgehead atoms. The molecule has 0 radical (unpaired) electrons. The van der Waals surface area contributed by atoms with Gasteiger partial charge < -0.3 is 11.1 Å². The first-order valence-electron chi connectivity index (χ1n) is 8.02. The van der Waals surface area contributed by atoms with E-state index in [0.717, 1.165) is 31.6 Å². The van der Waals surface area contributed by atoms with Gasteiger partial charge in [0.1, 0.15) is 0 Å². The van der Waals surface area contributed by atoms with Crippen molar-refractivity contribution in [3.05, 3.63) is 29.8 Å². The second kappa shape index (κ2) is 7.44. The van der Waals surface area contributed by atoms with Crippen LogP contribution in [0, 0.1) is 11.8 Å². The molecule has 1 heterocycles. The minimum atomic E-state index is 0. The summed E-state index contributed by atoms with van der Waals surface area (Å²) in [6.45, 7) is 4.61. The van der Waals surface area contributed by atoms with Crippen LogP contribution in [0.3, 0.4) is 0 Å². The lowest BCUT2D eigenvalue weighted by Crippen LogP contribution is -2.34. The Balaban J connectivity index is 0.00000176. The maximum atomic E-state index is 12.2. The number of rotatable bonds is 4. The third-order valence-electron chi connectivity index (χ3n) is 4.97. The molecule has 122 valence electrons. The van der Waals surface area contributed by atoms with Gasteiger partial charge in [-0.05, 0) is 48.8 Å². The van der Waals surface area contributed by atoms with Crippen LogP contribution in [0.4, 0.5) is 5.69 Å². The van der Waals surface area contributed by atoms with E-state index in [1.165, 1.54) is 12.0 Å². The van der Waals surface area contributed by atoms with Gasteiger partial charge in [-0.25, -0.2) is 0 Å². The maximum Gasteiger partial charge on any atom is 0.238 e. The lowest BCUT2D eigenvalue weighted by atomic mass is 9.98. The zero-order chi connectivity index (χ0) is 14.8. The summed E-state index contributed by atoms with van der Waals surface area (Å²) in [5.74, 6) is 1.38. The predicted molar refractivity (Wildman–Crippen MR) is 92.3 cm³/mol. The smallest absolute Gasteiger partial charge is 0.238 e. The SMILES string of the molecule is CCc1cccc(NC(=O)CN2CC3CCC(N)C3C2)c1.Cl. The highest BCUT2D eigenvalue weighted by Crippen LogP contribution is 2.36. The summed E-state index contributed by atoms with van der Waals surface area (Å²) in [5, 5.41) is 3.01. The average Bonchev–Trinajstić information content (AvgIpc) is 3.01. The number of fused-ring (bicyclic) bond motifs is 1. The van der Waals surface area contributed by atoms with Crippen molar-refractivity contribution in [2.24, 2.45) is 17.6 Å². The van der Waals surface area contributed by atoms with Gasteiger partial charge in [0, 0.05) is 24.8 Å². The second-order valence-corrected chi connectivity index (χ2v) is 6.46. The average molecular weight is 324 g/mol. The Kier molecular flexibility index (Phi) is 5.84. The van der Waals surface area contributed by atoms with E-state index < -0.39 is 0 Å². The number of nitrogens with one attached hydrogen (secondary N) is 1. The van der Waals surface area contributed by atoms with E-state index in [-0.39, 0.29) is 18.3 Å². The minimum Gasteiger partial charge on any atom is -0.327 e. The molecular weight excluding hydrogens is 298 g/mol. The Labute approximate surface area is 138 Å². The van der Waals surface area contributed by atoms with E-state index in [4.69, 9.17) is 5.73 Å². The molecule has 2 fully saturated rings. The van der Waals surface area contributed by atoms with Crippen LogP contribution in [-0.2, 0) is 11.2 Å². The Morgan fingerprint density at radius 2 is 2.18 bits per heavy atom. The number of anilines is 1. The van der Waals surface area contributed by atoms with Crippen molar-refractivity contribution in [3.63, 3.8) is 0 Å². The Morgan fingerprint density at radius 3 is 2.91 bits per heavy atom.